The number of hydrogen-bond acceptors (Lipinski definition) is 0. The molecule has 3 aromatic rings. The molecule has 0 saturated carbocycles. The summed E-state index contributed by atoms with van der Waals surface area (Å²) in [6.07, 6.45) is 1.09. The summed E-state index contributed by atoms with van der Waals surface area (Å²) in [5, 5.41) is 1.44. The number of rotatable bonds is 2. The van der Waals surface area contributed by atoms with Crippen LogP contribution in [-0.4, -0.2) is 6.16 Å². The van der Waals surface area contributed by atoms with Crippen LogP contribution in [0.15, 0.2) is 91.0 Å². The number of hydrogen-bond donors (Lipinski definition) is 0. The van der Waals surface area contributed by atoms with Gasteiger partial charge in [-0.05, 0) is 34.1 Å². The van der Waals surface area contributed by atoms with E-state index in [0.717, 1.165) is 11.7 Å². The molecule has 0 radical (unpaired) electrons. The fraction of sp³-hybridized carbons (Fsp3) is 0.0435. The first kappa shape index (κ1) is 14.9. The lowest BCUT2D eigenvalue weighted by Crippen LogP contribution is -2.05. The molecule has 1 atom stereocenters. The Morgan fingerprint density at radius 1 is 0.625 bits per heavy atom. The van der Waals surface area contributed by atoms with Crippen LogP contribution in [0.2, 0.25) is 0 Å². The van der Waals surface area contributed by atoms with Gasteiger partial charge in [0.15, 0.2) is 0 Å². The van der Waals surface area contributed by atoms with Gasteiger partial charge in [0, 0.05) is 19.6 Å². The fourth-order valence-electron chi connectivity index (χ4n) is 2.93. The molecule has 0 fully saturated rings. The van der Waals surface area contributed by atoms with Crippen LogP contribution in [0, 0.1) is 11.6 Å². The van der Waals surface area contributed by atoms with E-state index in [0.29, 0.717) is 0 Å². The molecule has 0 aromatic heterocycles. The molecule has 0 saturated heterocycles. The Kier molecular flexibility index (Phi) is 4.28. The summed E-state index contributed by atoms with van der Waals surface area (Å²) >= 11 is 0. The molecule has 0 bridgehead atoms. The van der Waals surface area contributed by atoms with Gasteiger partial charge in [0.2, 0.25) is 0 Å². The summed E-state index contributed by atoms with van der Waals surface area (Å²) in [6.45, 7) is 0. The summed E-state index contributed by atoms with van der Waals surface area (Å²) in [5.74, 6) is 3.36. The summed E-state index contributed by atoms with van der Waals surface area (Å²) in [5.41, 5.74) is 8.74. The number of allylic oxidation sites excluding steroid dienone is 1. The van der Waals surface area contributed by atoms with Crippen LogP contribution < -0.4 is 0 Å². The van der Waals surface area contributed by atoms with Crippen molar-refractivity contribution < 1.29 is 0 Å². The van der Waals surface area contributed by atoms with E-state index in [1.54, 1.807) is 0 Å². The third kappa shape index (κ3) is 3.05. The highest BCUT2D eigenvalue weighted by Crippen LogP contribution is 2.63. The van der Waals surface area contributed by atoms with Gasteiger partial charge in [-0.25, -0.2) is 0 Å². The van der Waals surface area contributed by atoms with Crippen molar-refractivity contribution >= 4 is 18.8 Å². The minimum atomic E-state index is -0.406. The monoisotopic (exact) mass is 324 g/mol. The maximum Gasteiger partial charge on any atom is 0.0248 e. The zero-order valence-electron chi connectivity index (χ0n) is 13.3. The van der Waals surface area contributed by atoms with Crippen LogP contribution in [0.3, 0.4) is 0 Å². The molecule has 24 heavy (non-hydrogen) atoms. The molecular formula is C23H17P. The zero-order valence-corrected chi connectivity index (χ0v) is 14.2. The van der Waals surface area contributed by atoms with Gasteiger partial charge in [-0.1, -0.05) is 90.4 Å². The SMILES string of the molecule is C(#CP1CC(c2ccccc2)=C1c1ccccc1)c1ccccc1. The maximum absolute atomic E-state index is 3.54. The lowest BCUT2D eigenvalue weighted by molar-refractivity contribution is 1.54. The Morgan fingerprint density at radius 3 is 1.79 bits per heavy atom. The minimum Gasteiger partial charge on any atom is -0.0660 e. The quantitative estimate of drug-likeness (QED) is 0.397. The van der Waals surface area contributed by atoms with E-state index in [4.69, 9.17) is 0 Å². The van der Waals surface area contributed by atoms with Crippen molar-refractivity contribution in [2.75, 3.05) is 6.16 Å². The lowest BCUT2D eigenvalue weighted by atomic mass is 10.0. The van der Waals surface area contributed by atoms with Crippen molar-refractivity contribution in [3.8, 4) is 11.6 Å². The van der Waals surface area contributed by atoms with Gasteiger partial charge in [0.1, 0.15) is 0 Å². The van der Waals surface area contributed by atoms with Crippen molar-refractivity contribution in [1.29, 1.82) is 0 Å². The highest BCUT2D eigenvalue weighted by molar-refractivity contribution is 7.76. The average Bonchev–Trinajstić information content (AvgIpc) is 2.63. The molecule has 3 aromatic carbocycles. The Bertz CT molecular complexity index is 913. The molecule has 1 unspecified atom stereocenters. The predicted octanol–water partition coefficient (Wildman–Crippen LogP) is 6.06. The molecule has 1 aliphatic heterocycles. The molecule has 0 aliphatic carbocycles. The molecule has 1 heterocycles. The first-order valence-electron chi connectivity index (χ1n) is 8.10. The Hall–Kier alpha value is -2.61. The third-order valence-electron chi connectivity index (χ3n) is 4.15. The van der Waals surface area contributed by atoms with Crippen molar-refractivity contribution in [3.05, 3.63) is 108 Å². The van der Waals surface area contributed by atoms with Crippen LogP contribution in [0.1, 0.15) is 16.7 Å². The molecule has 1 heteroatoms. The van der Waals surface area contributed by atoms with Crippen molar-refractivity contribution in [1.82, 2.24) is 0 Å². The minimum absolute atomic E-state index is 0.406. The van der Waals surface area contributed by atoms with Gasteiger partial charge in [-0.2, -0.15) is 0 Å². The molecule has 4 rings (SSSR count). The molecule has 0 nitrogen and oxygen atoms in total. The second-order valence-electron chi connectivity index (χ2n) is 5.75. The van der Waals surface area contributed by atoms with Gasteiger partial charge in [0.05, 0.1) is 0 Å². The summed E-state index contributed by atoms with van der Waals surface area (Å²) in [4.78, 5) is 0. The Morgan fingerprint density at radius 2 is 1.17 bits per heavy atom. The highest BCUT2D eigenvalue weighted by atomic mass is 31.1. The van der Waals surface area contributed by atoms with E-state index in [2.05, 4.69) is 84.4 Å². The van der Waals surface area contributed by atoms with Gasteiger partial charge >= 0.3 is 0 Å². The van der Waals surface area contributed by atoms with Gasteiger partial charge < -0.3 is 0 Å². The standard InChI is InChI=1S/C23H17P/c1-4-10-19(11-5-1)16-17-24-18-22(20-12-6-2-7-13-20)23(24)21-14-8-3-9-15-21/h1-15H,18H2. The van der Waals surface area contributed by atoms with E-state index >= 15 is 0 Å². The first-order valence-corrected chi connectivity index (χ1v) is 9.63. The van der Waals surface area contributed by atoms with Crippen molar-refractivity contribution in [2.24, 2.45) is 0 Å². The van der Waals surface area contributed by atoms with Crippen LogP contribution >= 0.6 is 7.92 Å². The smallest absolute Gasteiger partial charge is 0.0248 e. The fourth-order valence-corrected chi connectivity index (χ4v) is 4.92. The molecule has 1 aliphatic rings. The van der Waals surface area contributed by atoms with E-state index in [1.165, 1.54) is 22.0 Å². The van der Waals surface area contributed by atoms with Crippen molar-refractivity contribution in [3.63, 3.8) is 0 Å². The lowest BCUT2D eigenvalue weighted by Gasteiger charge is -2.31. The second kappa shape index (κ2) is 6.88. The molecule has 0 spiro atoms. The van der Waals surface area contributed by atoms with E-state index < -0.39 is 7.92 Å². The molecule has 0 N–H and O–H groups in total. The van der Waals surface area contributed by atoms with Crippen LogP contribution in [0.4, 0.5) is 0 Å². The average molecular weight is 324 g/mol. The Balaban J connectivity index is 1.73. The maximum atomic E-state index is 3.54. The van der Waals surface area contributed by atoms with Gasteiger partial charge in [0.25, 0.3) is 0 Å². The van der Waals surface area contributed by atoms with Gasteiger partial charge in [-0.3, -0.25) is 0 Å². The normalized spacial score (nSPS) is 16.1. The largest absolute Gasteiger partial charge is 0.0660 e. The van der Waals surface area contributed by atoms with E-state index in [-0.39, 0.29) is 0 Å². The van der Waals surface area contributed by atoms with E-state index in [9.17, 15) is 0 Å². The topological polar surface area (TPSA) is 0 Å². The van der Waals surface area contributed by atoms with Crippen molar-refractivity contribution in [2.45, 2.75) is 0 Å². The number of benzene rings is 3. The summed E-state index contributed by atoms with van der Waals surface area (Å²) in [6, 6.07) is 31.7. The van der Waals surface area contributed by atoms with Gasteiger partial charge in [-0.15, -0.1) is 0 Å². The summed E-state index contributed by atoms with van der Waals surface area (Å²) < 4.78 is 0. The molecule has 0 amide bonds. The van der Waals surface area contributed by atoms with E-state index in [1.807, 2.05) is 18.2 Å². The van der Waals surface area contributed by atoms with Crippen LogP contribution in [0.25, 0.3) is 10.9 Å². The molecule has 114 valence electrons. The highest BCUT2D eigenvalue weighted by Gasteiger charge is 2.29. The molecular weight excluding hydrogens is 307 g/mol. The zero-order chi connectivity index (χ0) is 16.2. The third-order valence-corrected chi connectivity index (χ3v) is 6.23. The Labute approximate surface area is 144 Å². The predicted molar refractivity (Wildman–Crippen MR) is 105 cm³/mol. The summed E-state index contributed by atoms with van der Waals surface area (Å²) in [7, 11) is -0.406. The van der Waals surface area contributed by atoms with Crippen LogP contribution in [0.5, 0.6) is 0 Å². The second-order valence-corrected chi connectivity index (χ2v) is 7.59. The van der Waals surface area contributed by atoms with Crippen LogP contribution in [-0.2, 0) is 0 Å². The first-order chi connectivity index (χ1) is 11.9.